The molecule has 10 heteroatoms. The van der Waals surface area contributed by atoms with Crippen LogP contribution >= 0.6 is 0 Å². The number of amides is 2. The summed E-state index contributed by atoms with van der Waals surface area (Å²) in [5.41, 5.74) is 4.70. The molecule has 0 bridgehead atoms. The minimum absolute atomic E-state index is 0.279. The van der Waals surface area contributed by atoms with Crippen molar-refractivity contribution in [1.82, 2.24) is 24.4 Å². The van der Waals surface area contributed by atoms with E-state index in [2.05, 4.69) is 20.3 Å². The van der Waals surface area contributed by atoms with Gasteiger partial charge >= 0.3 is 6.03 Å². The van der Waals surface area contributed by atoms with E-state index < -0.39 is 6.10 Å². The van der Waals surface area contributed by atoms with Crippen LogP contribution in [0.15, 0.2) is 73.3 Å². The largest absolute Gasteiger partial charge is 0.392 e. The smallest absolute Gasteiger partial charge is 0.331 e. The van der Waals surface area contributed by atoms with Crippen LogP contribution in [-0.4, -0.2) is 65.8 Å². The van der Waals surface area contributed by atoms with Gasteiger partial charge in [-0.3, -0.25) is 14.7 Å². The van der Waals surface area contributed by atoms with Crippen molar-refractivity contribution in [2.75, 3.05) is 18.4 Å². The molecule has 1 aliphatic rings. The third kappa shape index (κ3) is 4.63. The standard InChI is InChI=1S/C30H28N6O4/c1-18(38)29(39)35-12-8-19(9-13-35)26-14-24-22(6-10-31-27(24)33-26)23-7-11-32-28(25(23)17-37)34-30(40)36-15-20-4-2-3-5-21(20)16-36/h2-8,10-11,14-16,18,37-38H,9,12-13,17H2,1H3,(H,31,33)(H,32,34,40). The topological polar surface area (TPSA) is 136 Å². The first kappa shape index (κ1) is 25.5. The van der Waals surface area contributed by atoms with Crippen LogP contribution in [0.1, 0.15) is 24.6 Å². The van der Waals surface area contributed by atoms with Gasteiger partial charge in [0.15, 0.2) is 0 Å². The number of carbonyl (C=O) groups excluding carboxylic acids is 2. The number of aromatic nitrogens is 4. The van der Waals surface area contributed by atoms with E-state index in [0.717, 1.165) is 38.6 Å². The second-order valence-electron chi connectivity index (χ2n) is 9.81. The number of nitrogens with zero attached hydrogens (tertiary/aromatic N) is 4. The first-order valence-corrected chi connectivity index (χ1v) is 13.0. The minimum atomic E-state index is -1.02. The van der Waals surface area contributed by atoms with Crippen LogP contribution in [0.3, 0.4) is 0 Å². The highest BCUT2D eigenvalue weighted by Crippen LogP contribution is 2.35. The van der Waals surface area contributed by atoms with Gasteiger partial charge in [0.2, 0.25) is 0 Å². The van der Waals surface area contributed by atoms with Gasteiger partial charge in [-0.05, 0) is 59.0 Å². The van der Waals surface area contributed by atoms with Crippen molar-refractivity contribution in [1.29, 1.82) is 0 Å². The van der Waals surface area contributed by atoms with E-state index in [1.165, 1.54) is 11.5 Å². The van der Waals surface area contributed by atoms with E-state index >= 15 is 0 Å². The molecule has 1 unspecified atom stereocenters. The second kappa shape index (κ2) is 10.4. The molecule has 0 fully saturated rings. The summed E-state index contributed by atoms with van der Waals surface area (Å²) in [6, 6.07) is 13.0. The van der Waals surface area contributed by atoms with Crippen molar-refractivity contribution >= 4 is 45.1 Å². The van der Waals surface area contributed by atoms with Gasteiger partial charge in [0, 0.05) is 54.5 Å². The van der Waals surface area contributed by atoms with Gasteiger partial charge in [0.05, 0.1) is 6.61 Å². The summed E-state index contributed by atoms with van der Waals surface area (Å²) in [5.74, 6) is -0.000554. The molecule has 0 radical (unpaired) electrons. The number of fused-ring (bicyclic) bond motifs is 2. The van der Waals surface area contributed by atoms with E-state index in [1.807, 2.05) is 48.5 Å². The molecule has 2 amide bonds. The van der Waals surface area contributed by atoms with E-state index in [9.17, 15) is 19.8 Å². The maximum absolute atomic E-state index is 13.1. The average molecular weight is 537 g/mol. The molecule has 4 N–H and O–H groups in total. The SMILES string of the molecule is CC(O)C(=O)N1CC=C(c2cc3c(-c4ccnc(NC(=O)n5cc6ccccc6c5)c4CO)ccnc3[nH]2)CC1. The number of nitrogens with one attached hydrogen (secondary N) is 2. The number of anilines is 1. The lowest BCUT2D eigenvalue weighted by Gasteiger charge is -2.27. The van der Waals surface area contributed by atoms with E-state index in [1.54, 1.807) is 29.7 Å². The number of hydrogen-bond acceptors (Lipinski definition) is 6. The maximum Gasteiger partial charge on any atom is 0.331 e. The first-order valence-electron chi connectivity index (χ1n) is 13.0. The molecule has 0 saturated carbocycles. The van der Waals surface area contributed by atoms with Crippen LogP contribution in [0.4, 0.5) is 10.6 Å². The summed E-state index contributed by atoms with van der Waals surface area (Å²) in [5, 5.41) is 25.6. The molecule has 4 aromatic heterocycles. The van der Waals surface area contributed by atoms with Crippen LogP contribution in [0, 0.1) is 0 Å². The zero-order valence-electron chi connectivity index (χ0n) is 21.8. The number of carbonyl (C=O) groups is 2. The number of aliphatic hydroxyl groups excluding tert-OH is 2. The number of hydrogen-bond donors (Lipinski definition) is 4. The summed E-state index contributed by atoms with van der Waals surface area (Å²) in [4.78, 5) is 39.1. The van der Waals surface area contributed by atoms with Gasteiger partial charge in [0.25, 0.3) is 5.91 Å². The van der Waals surface area contributed by atoms with E-state index in [0.29, 0.717) is 30.7 Å². The van der Waals surface area contributed by atoms with Crippen molar-refractivity contribution in [3.8, 4) is 11.1 Å². The van der Waals surface area contributed by atoms with Crippen molar-refractivity contribution in [3.63, 3.8) is 0 Å². The quantitative estimate of drug-likeness (QED) is 0.266. The van der Waals surface area contributed by atoms with Crippen LogP contribution in [0.5, 0.6) is 0 Å². The van der Waals surface area contributed by atoms with Crippen LogP contribution in [0.25, 0.3) is 38.5 Å². The molecule has 0 spiro atoms. The number of benzene rings is 1. The fourth-order valence-electron chi connectivity index (χ4n) is 5.19. The molecule has 10 nitrogen and oxygen atoms in total. The fraction of sp³-hybridized carbons (Fsp3) is 0.200. The Bertz CT molecular complexity index is 1750. The Morgan fingerprint density at radius 3 is 2.48 bits per heavy atom. The van der Waals surface area contributed by atoms with Gasteiger partial charge in [-0.2, -0.15) is 0 Å². The molecule has 1 aromatic carbocycles. The molecule has 1 aliphatic heterocycles. The van der Waals surface area contributed by atoms with E-state index in [-0.39, 0.29) is 24.4 Å². The summed E-state index contributed by atoms with van der Waals surface area (Å²) in [6.07, 6.45) is 8.41. The number of pyridine rings is 2. The fourth-order valence-corrected chi connectivity index (χ4v) is 5.19. The zero-order valence-corrected chi connectivity index (χ0v) is 21.8. The molecule has 0 saturated heterocycles. The average Bonchev–Trinajstić information content (AvgIpc) is 3.61. The third-order valence-corrected chi connectivity index (χ3v) is 7.27. The molecule has 40 heavy (non-hydrogen) atoms. The predicted octanol–water partition coefficient (Wildman–Crippen LogP) is 4.15. The Hall–Kier alpha value is -4.80. The van der Waals surface area contributed by atoms with Crippen LogP contribution in [-0.2, 0) is 11.4 Å². The van der Waals surface area contributed by atoms with Crippen molar-refractivity contribution in [3.05, 3.63) is 84.6 Å². The molecule has 1 atom stereocenters. The molecule has 0 aliphatic carbocycles. The maximum atomic E-state index is 13.1. The Labute approximate surface area is 229 Å². The third-order valence-electron chi connectivity index (χ3n) is 7.27. The monoisotopic (exact) mass is 536 g/mol. The minimum Gasteiger partial charge on any atom is -0.392 e. The zero-order chi connectivity index (χ0) is 27.8. The summed E-state index contributed by atoms with van der Waals surface area (Å²) < 4.78 is 1.47. The highest BCUT2D eigenvalue weighted by molar-refractivity contribution is 5.99. The number of rotatable bonds is 5. The van der Waals surface area contributed by atoms with Crippen molar-refractivity contribution in [2.45, 2.75) is 26.1 Å². The Morgan fingerprint density at radius 1 is 1.07 bits per heavy atom. The van der Waals surface area contributed by atoms with Crippen molar-refractivity contribution < 1.29 is 19.8 Å². The molecule has 202 valence electrons. The van der Waals surface area contributed by atoms with Crippen LogP contribution < -0.4 is 5.32 Å². The Balaban J connectivity index is 1.32. The second-order valence-corrected chi connectivity index (χ2v) is 9.81. The first-order chi connectivity index (χ1) is 19.4. The van der Waals surface area contributed by atoms with Gasteiger partial charge in [-0.25, -0.2) is 14.8 Å². The summed E-state index contributed by atoms with van der Waals surface area (Å²) in [6.45, 7) is 2.09. The number of aromatic amines is 1. The normalized spacial score (nSPS) is 14.4. The number of aliphatic hydroxyl groups is 2. The lowest BCUT2D eigenvalue weighted by Crippen LogP contribution is -2.40. The predicted molar refractivity (Wildman–Crippen MR) is 152 cm³/mol. The van der Waals surface area contributed by atoms with Gasteiger partial charge in [-0.1, -0.05) is 30.3 Å². The molecular weight excluding hydrogens is 508 g/mol. The molecular formula is C30H28N6O4. The summed E-state index contributed by atoms with van der Waals surface area (Å²) in [7, 11) is 0. The molecule has 5 aromatic rings. The Kier molecular flexibility index (Phi) is 6.63. The lowest BCUT2D eigenvalue weighted by atomic mass is 9.98. The molecule has 6 rings (SSSR count). The molecule has 5 heterocycles. The van der Waals surface area contributed by atoms with Crippen LogP contribution in [0.2, 0.25) is 0 Å². The van der Waals surface area contributed by atoms with Gasteiger partial charge < -0.3 is 20.1 Å². The highest BCUT2D eigenvalue weighted by Gasteiger charge is 2.23. The van der Waals surface area contributed by atoms with Gasteiger partial charge in [0.1, 0.15) is 17.6 Å². The Morgan fingerprint density at radius 2 is 1.80 bits per heavy atom. The van der Waals surface area contributed by atoms with E-state index in [4.69, 9.17) is 0 Å². The van der Waals surface area contributed by atoms with Crippen molar-refractivity contribution in [2.24, 2.45) is 0 Å². The number of H-pyrrole nitrogens is 1. The summed E-state index contributed by atoms with van der Waals surface area (Å²) >= 11 is 0. The van der Waals surface area contributed by atoms with Gasteiger partial charge in [-0.15, -0.1) is 0 Å². The highest BCUT2D eigenvalue weighted by atomic mass is 16.3. The lowest BCUT2D eigenvalue weighted by molar-refractivity contribution is -0.138.